The SMILES string of the molecule is NCC(S)c1ccc2[nH]c(=O)[nH]c2c1. The summed E-state index contributed by atoms with van der Waals surface area (Å²) < 4.78 is 0. The quantitative estimate of drug-likeness (QED) is 0.552. The van der Waals surface area contributed by atoms with Gasteiger partial charge in [-0.3, -0.25) is 0 Å². The molecule has 2 rings (SSSR count). The minimum Gasteiger partial charge on any atom is -0.329 e. The molecule has 0 saturated carbocycles. The number of H-pyrrole nitrogens is 2. The molecule has 1 unspecified atom stereocenters. The zero-order chi connectivity index (χ0) is 10.1. The van der Waals surface area contributed by atoms with E-state index in [9.17, 15) is 4.79 Å². The topological polar surface area (TPSA) is 74.7 Å². The van der Waals surface area contributed by atoms with Crippen molar-refractivity contribution in [3.63, 3.8) is 0 Å². The Morgan fingerprint density at radius 2 is 2.07 bits per heavy atom. The number of benzene rings is 1. The van der Waals surface area contributed by atoms with Crippen LogP contribution < -0.4 is 11.4 Å². The van der Waals surface area contributed by atoms with Crippen LogP contribution in [-0.2, 0) is 0 Å². The van der Waals surface area contributed by atoms with Gasteiger partial charge in [0.05, 0.1) is 11.0 Å². The number of aromatic amines is 2. The van der Waals surface area contributed by atoms with E-state index in [4.69, 9.17) is 5.73 Å². The van der Waals surface area contributed by atoms with Crippen molar-refractivity contribution in [1.82, 2.24) is 9.97 Å². The van der Waals surface area contributed by atoms with Gasteiger partial charge in [-0.05, 0) is 17.7 Å². The van der Waals surface area contributed by atoms with E-state index >= 15 is 0 Å². The molecule has 0 bridgehead atoms. The van der Waals surface area contributed by atoms with Crippen molar-refractivity contribution in [2.45, 2.75) is 5.25 Å². The predicted octanol–water partition coefficient (Wildman–Crippen LogP) is 0.786. The van der Waals surface area contributed by atoms with Crippen LogP contribution in [0, 0.1) is 0 Å². The second kappa shape index (κ2) is 3.51. The molecule has 0 spiro atoms. The molecule has 14 heavy (non-hydrogen) atoms. The van der Waals surface area contributed by atoms with Crippen LogP contribution in [0.2, 0.25) is 0 Å². The van der Waals surface area contributed by atoms with Crippen LogP contribution in [-0.4, -0.2) is 16.5 Å². The Labute approximate surface area is 85.9 Å². The molecule has 0 aliphatic heterocycles. The van der Waals surface area contributed by atoms with Crippen LogP contribution in [0.5, 0.6) is 0 Å². The Kier molecular flexibility index (Phi) is 2.35. The van der Waals surface area contributed by atoms with Gasteiger partial charge in [-0.1, -0.05) is 6.07 Å². The van der Waals surface area contributed by atoms with Gasteiger partial charge in [-0.15, -0.1) is 0 Å². The summed E-state index contributed by atoms with van der Waals surface area (Å²) in [5.74, 6) is 0. The number of nitrogens with one attached hydrogen (secondary N) is 2. The molecule has 0 aliphatic carbocycles. The maximum atomic E-state index is 11.0. The molecule has 4 N–H and O–H groups in total. The highest BCUT2D eigenvalue weighted by Gasteiger charge is 2.05. The zero-order valence-electron chi connectivity index (χ0n) is 7.45. The lowest BCUT2D eigenvalue weighted by Gasteiger charge is -2.06. The Balaban J connectivity index is 2.55. The highest BCUT2D eigenvalue weighted by atomic mass is 32.1. The standard InChI is InChI=1S/C9H11N3OS/c10-4-8(14)5-1-2-6-7(3-5)12-9(13)11-6/h1-3,8,14H,4,10H2,(H2,11,12,13). The van der Waals surface area contributed by atoms with E-state index in [1.165, 1.54) is 0 Å². The monoisotopic (exact) mass is 209 g/mol. The summed E-state index contributed by atoms with van der Waals surface area (Å²) in [6, 6.07) is 5.65. The average Bonchev–Trinajstić information content (AvgIpc) is 2.55. The molecule has 0 fully saturated rings. The third-order valence-corrected chi connectivity index (χ3v) is 2.66. The third-order valence-electron chi connectivity index (χ3n) is 2.15. The highest BCUT2D eigenvalue weighted by Crippen LogP contribution is 2.20. The van der Waals surface area contributed by atoms with E-state index in [0.717, 1.165) is 16.6 Å². The van der Waals surface area contributed by atoms with Gasteiger partial charge in [0.2, 0.25) is 0 Å². The number of fused-ring (bicyclic) bond motifs is 1. The van der Waals surface area contributed by atoms with Crippen molar-refractivity contribution in [3.05, 3.63) is 34.2 Å². The van der Waals surface area contributed by atoms with Crippen molar-refractivity contribution in [3.8, 4) is 0 Å². The van der Waals surface area contributed by atoms with E-state index < -0.39 is 0 Å². The number of nitrogens with two attached hydrogens (primary N) is 1. The van der Waals surface area contributed by atoms with Crippen molar-refractivity contribution < 1.29 is 0 Å². The van der Waals surface area contributed by atoms with E-state index in [1.807, 2.05) is 18.2 Å². The summed E-state index contributed by atoms with van der Waals surface area (Å²) >= 11 is 4.32. The van der Waals surface area contributed by atoms with Crippen LogP contribution in [0.3, 0.4) is 0 Å². The lowest BCUT2D eigenvalue weighted by molar-refractivity contribution is 0.951. The van der Waals surface area contributed by atoms with Gasteiger partial charge in [0.25, 0.3) is 0 Å². The van der Waals surface area contributed by atoms with Gasteiger partial charge in [-0.2, -0.15) is 12.6 Å². The molecule has 0 saturated heterocycles. The largest absolute Gasteiger partial charge is 0.329 e. The first-order valence-electron chi connectivity index (χ1n) is 4.31. The van der Waals surface area contributed by atoms with Crippen molar-refractivity contribution in [1.29, 1.82) is 0 Å². The van der Waals surface area contributed by atoms with Crippen LogP contribution in [0.15, 0.2) is 23.0 Å². The van der Waals surface area contributed by atoms with E-state index in [0.29, 0.717) is 6.54 Å². The summed E-state index contributed by atoms with van der Waals surface area (Å²) in [4.78, 5) is 16.4. The van der Waals surface area contributed by atoms with Crippen LogP contribution in [0.1, 0.15) is 10.8 Å². The van der Waals surface area contributed by atoms with Gasteiger partial charge in [0.1, 0.15) is 0 Å². The van der Waals surface area contributed by atoms with E-state index in [1.54, 1.807) is 0 Å². The molecular weight excluding hydrogens is 198 g/mol. The number of hydrogen-bond donors (Lipinski definition) is 4. The van der Waals surface area contributed by atoms with Crippen LogP contribution in [0.25, 0.3) is 11.0 Å². The Morgan fingerprint density at radius 1 is 1.36 bits per heavy atom. The lowest BCUT2D eigenvalue weighted by Crippen LogP contribution is -2.06. The van der Waals surface area contributed by atoms with Gasteiger partial charge < -0.3 is 15.7 Å². The molecule has 2 aromatic rings. The number of aromatic nitrogens is 2. The fourth-order valence-electron chi connectivity index (χ4n) is 1.39. The Morgan fingerprint density at radius 3 is 2.79 bits per heavy atom. The normalized spacial score (nSPS) is 13.3. The van der Waals surface area contributed by atoms with Crippen LogP contribution >= 0.6 is 12.6 Å². The maximum absolute atomic E-state index is 11.0. The zero-order valence-corrected chi connectivity index (χ0v) is 8.34. The second-order valence-corrected chi connectivity index (χ2v) is 3.76. The van der Waals surface area contributed by atoms with Crippen molar-refractivity contribution >= 4 is 23.7 Å². The van der Waals surface area contributed by atoms with Gasteiger partial charge in [0, 0.05) is 11.8 Å². The smallest absolute Gasteiger partial charge is 0.323 e. The highest BCUT2D eigenvalue weighted by molar-refractivity contribution is 7.80. The van der Waals surface area contributed by atoms with Crippen molar-refractivity contribution in [2.75, 3.05) is 6.54 Å². The van der Waals surface area contributed by atoms with Gasteiger partial charge in [0.15, 0.2) is 0 Å². The molecule has 1 heterocycles. The minimum atomic E-state index is -0.194. The summed E-state index contributed by atoms with van der Waals surface area (Å²) in [5, 5.41) is 0.0119. The number of rotatable bonds is 2. The minimum absolute atomic E-state index is 0.0119. The van der Waals surface area contributed by atoms with Crippen molar-refractivity contribution in [2.24, 2.45) is 5.73 Å². The molecule has 1 aromatic carbocycles. The Hall–Kier alpha value is -1.20. The lowest BCUT2D eigenvalue weighted by atomic mass is 10.1. The number of thiol groups is 1. The molecule has 0 radical (unpaired) electrons. The fraction of sp³-hybridized carbons (Fsp3) is 0.222. The summed E-state index contributed by atoms with van der Waals surface area (Å²) in [6.07, 6.45) is 0. The molecule has 5 heteroatoms. The molecule has 74 valence electrons. The first kappa shape index (κ1) is 9.36. The molecule has 1 aromatic heterocycles. The van der Waals surface area contributed by atoms with E-state index in [-0.39, 0.29) is 10.9 Å². The Bertz CT molecular complexity index is 502. The molecule has 4 nitrogen and oxygen atoms in total. The van der Waals surface area contributed by atoms with Gasteiger partial charge >= 0.3 is 5.69 Å². The maximum Gasteiger partial charge on any atom is 0.323 e. The first-order valence-corrected chi connectivity index (χ1v) is 4.82. The molecule has 0 amide bonds. The predicted molar refractivity (Wildman–Crippen MR) is 59.7 cm³/mol. The van der Waals surface area contributed by atoms with Crippen LogP contribution in [0.4, 0.5) is 0 Å². The summed E-state index contributed by atoms with van der Waals surface area (Å²) in [6.45, 7) is 0.475. The summed E-state index contributed by atoms with van der Waals surface area (Å²) in [5.41, 5.74) is 7.91. The molecule has 1 atom stereocenters. The summed E-state index contributed by atoms with van der Waals surface area (Å²) in [7, 11) is 0. The number of imidazole rings is 1. The second-order valence-electron chi connectivity index (χ2n) is 3.14. The number of hydrogen-bond acceptors (Lipinski definition) is 3. The average molecular weight is 209 g/mol. The van der Waals surface area contributed by atoms with E-state index in [2.05, 4.69) is 22.6 Å². The molecular formula is C9H11N3OS. The first-order chi connectivity index (χ1) is 6.70. The fourth-order valence-corrected chi connectivity index (χ4v) is 1.55. The van der Waals surface area contributed by atoms with Gasteiger partial charge in [-0.25, -0.2) is 4.79 Å². The molecule has 0 aliphatic rings. The third kappa shape index (κ3) is 1.56.